The predicted octanol–water partition coefficient (Wildman–Crippen LogP) is 3.88. The fourth-order valence-electron chi connectivity index (χ4n) is 2.17. The smallest absolute Gasteiger partial charge is 0.373 e. The van der Waals surface area contributed by atoms with Crippen LogP contribution < -0.4 is 10.1 Å². The lowest BCUT2D eigenvalue weighted by Gasteiger charge is -2.09. The minimum atomic E-state index is -0.575. The molecule has 3 aromatic rings. The molecule has 0 aliphatic rings. The highest BCUT2D eigenvalue weighted by molar-refractivity contribution is 5.68. The molecule has 1 N–H and O–H groups in total. The maximum absolute atomic E-state index is 11.5. The molecule has 0 radical (unpaired) electrons. The molecule has 2 aromatic heterocycles. The highest BCUT2D eigenvalue weighted by Crippen LogP contribution is 2.35. The number of aryl methyl sites for hydroxylation is 1. The third-order valence-corrected chi connectivity index (χ3v) is 3.45. The van der Waals surface area contributed by atoms with Crippen LogP contribution in [0.25, 0.3) is 0 Å². The lowest BCUT2D eigenvalue weighted by atomic mass is 10.1. The van der Waals surface area contributed by atoms with Crippen molar-refractivity contribution in [2.45, 2.75) is 13.3 Å². The first-order chi connectivity index (χ1) is 12.2. The van der Waals surface area contributed by atoms with Crippen molar-refractivity contribution in [2.75, 3.05) is 5.32 Å². The molecule has 0 aliphatic heterocycles. The number of rotatable bonds is 6. The summed E-state index contributed by atoms with van der Waals surface area (Å²) in [5, 5.41) is 14.5. The van der Waals surface area contributed by atoms with E-state index in [1.807, 2.05) is 24.3 Å². The van der Waals surface area contributed by atoms with Crippen molar-refractivity contribution < 1.29 is 9.66 Å². The van der Waals surface area contributed by atoms with Gasteiger partial charge in [-0.2, -0.15) is 4.98 Å². The Balaban J connectivity index is 1.93. The minimum absolute atomic E-state index is 0.0585. The summed E-state index contributed by atoms with van der Waals surface area (Å²) in [6.07, 6.45) is 5.15. The van der Waals surface area contributed by atoms with E-state index in [9.17, 15) is 10.1 Å². The van der Waals surface area contributed by atoms with Gasteiger partial charge in [0.2, 0.25) is 5.82 Å². The standard InChI is InChI=1S/C17H15N5O3/c1-2-12-5-7-13(8-6-12)21-16-15(22(23)24)17(20-11-19-16)25-14-4-3-9-18-10-14/h3-11H,2H2,1H3,(H,19,20,21). The average molecular weight is 337 g/mol. The molecular weight excluding hydrogens is 322 g/mol. The fourth-order valence-corrected chi connectivity index (χ4v) is 2.17. The summed E-state index contributed by atoms with van der Waals surface area (Å²) in [7, 11) is 0. The van der Waals surface area contributed by atoms with Gasteiger partial charge in [-0.15, -0.1) is 0 Å². The molecule has 0 spiro atoms. The van der Waals surface area contributed by atoms with Gasteiger partial charge in [-0.3, -0.25) is 15.1 Å². The number of benzene rings is 1. The first-order valence-corrected chi connectivity index (χ1v) is 7.60. The quantitative estimate of drug-likeness (QED) is 0.537. The molecule has 0 saturated heterocycles. The zero-order valence-electron chi connectivity index (χ0n) is 13.4. The third-order valence-electron chi connectivity index (χ3n) is 3.45. The molecule has 25 heavy (non-hydrogen) atoms. The second kappa shape index (κ2) is 7.35. The summed E-state index contributed by atoms with van der Waals surface area (Å²) < 4.78 is 5.49. The molecule has 8 heteroatoms. The zero-order valence-corrected chi connectivity index (χ0v) is 13.4. The second-order valence-corrected chi connectivity index (χ2v) is 5.10. The van der Waals surface area contributed by atoms with Gasteiger partial charge in [-0.1, -0.05) is 19.1 Å². The molecule has 0 atom stereocenters. The molecule has 0 amide bonds. The lowest BCUT2D eigenvalue weighted by Crippen LogP contribution is -2.03. The maximum Gasteiger partial charge on any atom is 0.373 e. The van der Waals surface area contributed by atoms with Gasteiger partial charge in [0.1, 0.15) is 12.1 Å². The molecule has 0 unspecified atom stereocenters. The summed E-state index contributed by atoms with van der Waals surface area (Å²) in [5.74, 6) is 0.256. The number of nitro groups is 1. The number of hydrogen-bond donors (Lipinski definition) is 1. The monoisotopic (exact) mass is 337 g/mol. The number of nitrogens with zero attached hydrogens (tertiary/aromatic N) is 4. The Bertz CT molecular complexity index is 869. The molecule has 126 valence electrons. The first-order valence-electron chi connectivity index (χ1n) is 7.60. The Morgan fingerprint density at radius 3 is 2.64 bits per heavy atom. The van der Waals surface area contributed by atoms with Gasteiger partial charge in [-0.25, -0.2) is 4.98 Å². The minimum Gasteiger partial charge on any atom is -0.432 e. The van der Waals surface area contributed by atoms with Crippen LogP contribution in [0.1, 0.15) is 12.5 Å². The van der Waals surface area contributed by atoms with Crippen LogP contribution in [0.5, 0.6) is 11.6 Å². The molecule has 0 bridgehead atoms. The van der Waals surface area contributed by atoms with E-state index in [4.69, 9.17) is 4.74 Å². The first kappa shape index (κ1) is 16.3. The Hall–Kier alpha value is -3.55. The van der Waals surface area contributed by atoms with Gasteiger partial charge < -0.3 is 10.1 Å². The highest BCUT2D eigenvalue weighted by atomic mass is 16.6. The van der Waals surface area contributed by atoms with E-state index in [0.29, 0.717) is 11.4 Å². The van der Waals surface area contributed by atoms with E-state index >= 15 is 0 Å². The van der Waals surface area contributed by atoms with Crippen molar-refractivity contribution >= 4 is 17.2 Å². The van der Waals surface area contributed by atoms with Gasteiger partial charge >= 0.3 is 11.6 Å². The molecule has 3 rings (SSSR count). The largest absolute Gasteiger partial charge is 0.432 e. The topological polar surface area (TPSA) is 103 Å². The van der Waals surface area contributed by atoms with Crippen molar-refractivity contribution in [3.8, 4) is 11.6 Å². The molecule has 1 aromatic carbocycles. The number of anilines is 2. The average Bonchev–Trinajstić information content (AvgIpc) is 2.63. The Morgan fingerprint density at radius 1 is 1.20 bits per heavy atom. The number of nitrogens with one attached hydrogen (secondary N) is 1. The van der Waals surface area contributed by atoms with Crippen molar-refractivity contribution in [3.63, 3.8) is 0 Å². The highest BCUT2D eigenvalue weighted by Gasteiger charge is 2.25. The maximum atomic E-state index is 11.5. The van der Waals surface area contributed by atoms with Crippen LogP contribution in [0.3, 0.4) is 0 Å². The lowest BCUT2D eigenvalue weighted by molar-refractivity contribution is -0.385. The summed E-state index contributed by atoms with van der Waals surface area (Å²) in [4.78, 5) is 22.7. The van der Waals surface area contributed by atoms with Crippen LogP contribution in [-0.2, 0) is 6.42 Å². The van der Waals surface area contributed by atoms with Crippen molar-refractivity contribution in [1.29, 1.82) is 0 Å². The predicted molar refractivity (Wildman–Crippen MR) is 92.1 cm³/mol. The molecular formula is C17H15N5O3. The van der Waals surface area contributed by atoms with Crippen LogP contribution >= 0.6 is 0 Å². The van der Waals surface area contributed by atoms with Crippen molar-refractivity contribution in [1.82, 2.24) is 15.0 Å². The van der Waals surface area contributed by atoms with Gasteiger partial charge in [0.15, 0.2) is 0 Å². The third kappa shape index (κ3) is 3.86. The van der Waals surface area contributed by atoms with E-state index in [-0.39, 0.29) is 17.4 Å². The van der Waals surface area contributed by atoms with Crippen molar-refractivity contribution in [2.24, 2.45) is 0 Å². The number of pyridine rings is 1. The summed E-state index contributed by atoms with van der Waals surface area (Å²) in [6.45, 7) is 2.06. The van der Waals surface area contributed by atoms with Crippen LogP contribution in [0.4, 0.5) is 17.2 Å². The molecule has 0 fully saturated rings. The van der Waals surface area contributed by atoms with Gasteiger partial charge in [-0.05, 0) is 36.2 Å². The van der Waals surface area contributed by atoms with Crippen LogP contribution in [0, 0.1) is 10.1 Å². The normalized spacial score (nSPS) is 10.3. The van der Waals surface area contributed by atoms with E-state index in [2.05, 4.69) is 27.2 Å². The molecule has 0 aliphatic carbocycles. The Labute approximate surface area is 143 Å². The number of aromatic nitrogens is 3. The van der Waals surface area contributed by atoms with E-state index in [1.165, 1.54) is 18.1 Å². The molecule has 2 heterocycles. The SMILES string of the molecule is CCc1ccc(Nc2ncnc(Oc3cccnc3)c2[N+](=O)[O-])cc1. The van der Waals surface area contributed by atoms with Crippen molar-refractivity contribution in [3.05, 3.63) is 70.8 Å². The van der Waals surface area contributed by atoms with Crippen LogP contribution in [0.15, 0.2) is 55.1 Å². The molecule has 8 nitrogen and oxygen atoms in total. The second-order valence-electron chi connectivity index (χ2n) is 5.10. The van der Waals surface area contributed by atoms with E-state index in [0.717, 1.165) is 6.42 Å². The van der Waals surface area contributed by atoms with Gasteiger partial charge in [0.25, 0.3) is 0 Å². The summed E-state index contributed by atoms with van der Waals surface area (Å²) in [6, 6.07) is 10.9. The van der Waals surface area contributed by atoms with E-state index in [1.54, 1.807) is 18.3 Å². The number of ether oxygens (including phenoxy) is 1. The summed E-state index contributed by atoms with van der Waals surface area (Å²) >= 11 is 0. The van der Waals surface area contributed by atoms with Crippen LogP contribution in [-0.4, -0.2) is 19.9 Å². The summed E-state index contributed by atoms with van der Waals surface area (Å²) in [5.41, 5.74) is 1.51. The van der Waals surface area contributed by atoms with E-state index < -0.39 is 4.92 Å². The van der Waals surface area contributed by atoms with Gasteiger partial charge in [0.05, 0.1) is 11.1 Å². The zero-order chi connectivity index (χ0) is 17.6. The Kier molecular flexibility index (Phi) is 4.79. The van der Waals surface area contributed by atoms with Crippen LogP contribution in [0.2, 0.25) is 0 Å². The molecule has 0 saturated carbocycles. The van der Waals surface area contributed by atoms with Gasteiger partial charge in [0, 0.05) is 11.9 Å². The number of hydrogen-bond acceptors (Lipinski definition) is 7. The Morgan fingerprint density at radius 2 is 2.00 bits per heavy atom. The fraction of sp³-hybridized carbons (Fsp3) is 0.118.